The lowest BCUT2D eigenvalue weighted by Gasteiger charge is -2.37. The largest absolute Gasteiger partial charge is 0.455 e. The Kier molecular flexibility index (Phi) is 6.92. The molecule has 0 bridgehead atoms. The van der Waals surface area contributed by atoms with Crippen LogP contribution in [0.2, 0.25) is 10.0 Å². The lowest BCUT2D eigenvalue weighted by atomic mass is 10.0. The van der Waals surface area contributed by atoms with Crippen LogP contribution in [0.3, 0.4) is 0 Å². The van der Waals surface area contributed by atoms with Crippen LogP contribution >= 0.6 is 23.2 Å². The quantitative estimate of drug-likeness (QED) is 0.479. The highest BCUT2D eigenvalue weighted by Crippen LogP contribution is 2.37. The second kappa shape index (κ2) is 10.1. The third-order valence-corrected chi connectivity index (χ3v) is 7.37. The van der Waals surface area contributed by atoms with Gasteiger partial charge in [-0.2, -0.15) is 4.98 Å². The number of fused-ring (bicyclic) bond motifs is 1. The first kappa shape index (κ1) is 24.6. The molecule has 36 heavy (non-hydrogen) atoms. The molecule has 2 aromatic carbocycles. The summed E-state index contributed by atoms with van der Waals surface area (Å²) < 4.78 is 5.78. The minimum Gasteiger partial charge on any atom is -0.455 e. The molecule has 5 rings (SSSR count). The number of piperidine rings is 1. The molecule has 8 nitrogen and oxygen atoms in total. The van der Waals surface area contributed by atoms with Crippen molar-refractivity contribution in [2.75, 3.05) is 49.0 Å². The Morgan fingerprint density at radius 2 is 1.83 bits per heavy atom. The van der Waals surface area contributed by atoms with E-state index in [0.717, 1.165) is 31.6 Å². The fourth-order valence-corrected chi connectivity index (χ4v) is 5.37. The molecular formula is C26H28Cl2N6O2. The highest BCUT2D eigenvalue weighted by atomic mass is 35.5. The van der Waals surface area contributed by atoms with Gasteiger partial charge in [0.2, 0.25) is 11.8 Å². The van der Waals surface area contributed by atoms with Crippen molar-refractivity contribution in [3.63, 3.8) is 0 Å². The van der Waals surface area contributed by atoms with Crippen molar-refractivity contribution in [1.82, 2.24) is 14.9 Å². The normalized spacial score (nSPS) is 16.2. The van der Waals surface area contributed by atoms with Crippen LogP contribution in [0, 0.1) is 6.92 Å². The van der Waals surface area contributed by atoms with Crippen LogP contribution in [0.25, 0.3) is 0 Å². The van der Waals surface area contributed by atoms with E-state index in [2.05, 4.69) is 58.2 Å². The van der Waals surface area contributed by atoms with E-state index in [9.17, 15) is 4.79 Å². The first-order chi connectivity index (χ1) is 17.3. The van der Waals surface area contributed by atoms with Crippen molar-refractivity contribution in [3.8, 4) is 5.88 Å². The number of halogens is 2. The first-order valence-corrected chi connectivity index (χ1v) is 12.6. The Bertz CT molecular complexity index is 1270. The average molecular weight is 527 g/mol. The summed E-state index contributed by atoms with van der Waals surface area (Å²) in [6.45, 7) is 4.16. The van der Waals surface area contributed by atoms with Crippen molar-refractivity contribution in [2.45, 2.75) is 25.8 Å². The van der Waals surface area contributed by atoms with Gasteiger partial charge in [0.25, 0.3) is 5.91 Å². The predicted molar refractivity (Wildman–Crippen MR) is 144 cm³/mol. The van der Waals surface area contributed by atoms with Crippen molar-refractivity contribution in [3.05, 3.63) is 63.8 Å². The van der Waals surface area contributed by atoms with Gasteiger partial charge in [-0.15, -0.1) is 0 Å². The smallest absolute Gasteiger partial charge is 0.268 e. The summed E-state index contributed by atoms with van der Waals surface area (Å²) >= 11 is 12.6. The van der Waals surface area contributed by atoms with Crippen LogP contribution in [0.1, 0.15) is 28.8 Å². The molecule has 1 saturated heterocycles. The first-order valence-electron chi connectivity index (χ1n) is 11.9. The van der Waals surface area contributed by atoms with E-state index in [4.69, 9.17) is 27.9 Å². The van der Waals surface area contributed by atoms with Gasteiger partial charge in [0.05, 0.1) is 15.7 Å². The van der Waals surface area contributed by atoms with E-state index >= 15 is 0 Å². The number of carbonyl (C=O) groups excluding carboxylic acids is 1. The van der Waals surface area contributed by atoms with Gasteiger partial charge in [-0.3, -0.25) is 9.69 Å². The number of hydrogen-bond acceptors (Lipinski definition) is 7. The van der Waals surface area contributed by atoms with Crippen LogP contribution in [0.4, 0.5) is 23.0 Å². The number of aryl methyl sites for hydroxylation is 1. The van der Waals surface area contributed by atoms with Gasteiger partial charge in [0.15, 0.2) is 6.73 Å². The summed E-state index contributed by atoms with van der Waals surface area (Å²) in [6, 6.07) is 12.0. The molecule has 0 saturated carbocycles. The lowest BCUT2D eigenvalue weighted by Crippen LogP contribution is -2.42. The maximum atomic E-state index is 13.1. The van der Waals surface area contributed by atoms with Crippen LogP contribution in [0.15, 0.2) is 42.6 Å². The number of aromatic nitrogens is 2. The van der Waals surface area contributed by atoms with Gasteiger partial charge in [0.1, 0.15) is 5.56 Å². The number of benzene rings is 2. The van der Waals surface area contributed by atoms with Gasteiger partial charge in [-0.05, 0) is 69.8 Å². The summed E-state index contributed by atoms with van der Waals surface area (Å²) in [7, 11) is 4.31. The highest BCUT2D eigenvalue weighted by molar-refractivity contribution is 6.40. The third kappa shape index (κ3) is 4.81. The summed E-state index contributed by atoms with van der Waals surface area (Å²) in [6.07, 6.45) is 3.78. The van der Waals surface area contributed by atoms with E-state index < -0.39 is 0 Å². The Morgan fingerprint density at radius 3 is 2.50 bits per heavy atom. The third-order valence-electron chi connectivity index (χ3n) is 6.76. The Hall–Kier alpha value is -3.07. The van der Waals surface area contributed by atoms with Crippen molar-refractivity contribution < 1.29 is 9.53 Å². The molecule has 0 unspecified atom stereocenters. The number of anilines is 4. The summed E-state index contributed by atoms with van der Waals surface area (Å²) in [5.41, 5.74) is 3.94. The number of ether oxygens (including phenoxy) is 1. The van der Waals surface area contributed by atoms with Gasteiger partial charge in [-0.25, -0.2) is 4.98 Å². The number of para-hydroxylation sites is 1. The topological polar surface area (TPSA) is 73.8 Å². The number of amides is 1. The highest BCUT2D eigenvalue weighted by Gasteiger charge is 2.31. The Labute approximate surface area is 220 Å². The zero-order valence-electron chi connectivity index (χ0n) is 20.5. The van der Waals surface area contributed by atoms with E-state index in [0.29, 0.717) is 27.7 Å². The molecule has 1 N–H and O–H groups in total. The van der Waals surface area contributed by atoms with Gasteiger partial charge in [0, 0.05) is 36.7 Å². The fraction of sp³-hybridized carbons (Fsp3) is 0.346. The zero-order valence-corrected chi connectivity index (χ0v) is 22.0. The van der Waals surface area contributed by atoms with Crippen molar-refractivity contribution >= 4 is 52.1 Å². The molecule has 10 heteroatoms. The summed E-state index contributed by atoms with van der Waals surface area (Å²) in [5.74, 6) is 0.245. The molecule has 1 aromatic heterocycles. The number of rotatable bonds is 5. The van der Waals surface area contributed by atoms with E-state index in [1.54, 1.807) is 18.2 Å². The summed E-state index contributed by atoms with van der Waals surface area (Å²) in [5, 5.41) is 3.96. The number of carbonyl (C=O) groups is 1. The molecule has 3 aromatic rings. The number of nitrogens with zero attached hydrogens (tertiary/aromatic N) is 5. The van der Waals surface area contributed by atoms with Gasteiger partial charge in [-0.1, -0.05) is 29.3 Å². The SMILES string of the molecule is Cc1cc(Nc2ncc3c(n2)OCN(c2c(Cl)cccc2Cl)C3=O)ccc1N1CCC(N(C)C)CC1. The minimum atomic E-state index is -0.323. The average Bonchev–Trinajstić information content (AvgIpc) is 2.85. The predicted octanol–water partition coefficient (Wildman–Crippen LogP) is 5.36. The zero-order chi connectivity index (χ0) is 25.4. The number of hydrogen-bond donors (Lipinski definition) is 1. The minimum absolute atomic E-state index is 0.0515. The standard InChI is InChI=1S/C26H28Cl2N6O2/c1-16-13-17(7-8-22(16)33-11-9-18(10-12-33)32(2)3)30-26-29-14-19-24(31-26)36-15-34(25(19)35)23-20(27)5-4-6-21(23)28/h4-8,13-14,18H,9-12,15H2,1-3H3,(H,29,30,31). The molecule has 188 valence electrons. The molecule has 0 atom stereocenters. The number of nitrogens with one attached hydrogen (secondary N) is 1. The Morgan fingerprint density at radius 1 is 1.11 bits per heavy atom. The molecule has 1 amide bonds. The van der Waals surface area contributed by atoms with Crippen LogP contribution in [0.5, 0.6) is 5.88 Å². The second-order valence-corrected chi connectivity index (χ2v) is 10.1. The maximum absolute atomic E-state index is 13.1. The van der Waals surface area contributed by atoms with Gasteiger partial charge >= 0.3 is 0 Å². The molecular weight excluding hydrogens is 499 g/mol. The van der Waals surface area contributed by atoms with E-state index in [-0.39, 0.29) is 24.1 Å². The van der Waals surface area contributed by atoms with Gasteiger partial charge < -0.3 is 19.9 Å². The molecule has 3 heterocycles. The molecule has 0 spiro atoms. The van der Waals surface area contributed by atoms with Crippen molar-refractivity contribution in [1.29, 1.82) is 0 Å². The molecule has 0 aliphatic carbocycles. The lowest BCUT2D eigenvalue weighted by molar-refractivity contribution is 0.0932. The van der Waals surface area contributed by atoms with E-state index in [1.165, 1.54) is 22.3 Å². The van der Waals surface area contributed by atoms with Crippen LogP contribution in [-0.4, -0.2) is 60.7 Å². The van der Waals surface area contributed by atoms with Crippen LogP contribution < -0.4 is 19.9 Å². The van der Waals surface area contributed by atoms with E-state index in [1.807, 2.05) is 6.07 Å². The summed E-state index contributed by atoms with van der Waals surface area (Å²) in [4.78, 5) is 28.0. The monoisotopic (exact) mass is 526 g/mol. The molecule has 0 radical (unpaired) electrons. The van der Waals surface area contributed by atoms with Crippen molar-refractivity contribution in [2.24, 2.45) is 0 Å². The molecule has 2 aliphatic rings. The fourth-order valence-electron chi connectivity index (χ4n) is 4.77. The van der Waals surface area contributed by atoms with Crippen LogP contribution in [-0.2, 0) is 0 Å². The molecule has 2 aliphatic heterocycles. The Balaban J connectivity index is 1.29. The second-order valence-electron chi connectivity index (χ2n) is 9.30. The molecule has 1 fully saturated rings. The maximum Gasteiger partial charge on any atom is 0.268 e.